The fraction of sp³-hybridized carbons (Fsp3) is 0.571. The Bertz CT molecular complexity index is 209. The molecule has 0 fully saturated rings. The first-order valence-electron chi connectivity index (χ1n) is 3.44. The van der Waals surface area contributed by atoms with Crippen molar-refractivity contribution in [1.82, 2.24) is 0 Å². The number of carboxylic acids is 1. The van der Waals surface area contributed by atoms with Crippen molar-refractivity contribution in [1.29, 1.82) is 0 Å². The lowest BCUT2D eigenvalue weighted by molar-refractivity contribution is -0.145. The van der Waals surface area contributed by atoms with Crippen LogP contribution in [0, 0.1) is 0 Å². The standard InChI is InChI=1S/C7H10O5S/c1-4(8)13-5(3-6(9)10)7(11)12-2/h5H,3H2,1-2H3,(H,9,10). The molecule has 0 saturated carbocycles. The van der Waals surface area contributed by atoms with E-state index in [1.807, 2.05) is 0 Å². The number of hydrogen-bond acceptors (Lipinski definition) is 5. The zero-order chi connectivity index (χ0) is 10.4. The number of esters is 1. The van der Waals surface area contributed by atoms with Gasteiger partial charge in [-0.25, -0.2) is 0 Å². The molecule has 0 aliphatic carbocycles. The maximum atomic E-state index is 10.9. The van der Waals surface area contributed by atoms with Gasteiger partial charge in [0.25, 0.3) is 0 Å². The average Bonchev–Trinajstić information content (AvgIpc) is 2.00. The number of carboxylic acid groups (broad SMARTS) is 1. The molecule has 0 amide bonds. The van der Waals surface area contributed by atoms with Crippen LogP contribution in [0.15, 0.2) is 0 Å². The SMILES string of the molecule is COC(=O)C(CC(=O)O)SC(C)=O. The van der Waals surface area contributed by atoms with Crippen molar-refractivity contribution in [3.05, 3.63) is 0 Å². The van der Waals surface area contributed by atoms with Crippen molar-refractivity contribution in [3.8, 4) is 0 Å². The van der Waals surface area contributed by atoms with Gasteiger partial charge in [0.2, 0.25) is 0 Å². The van der Waals surface area contributed by atoms with Crippen molar-refractivity contribution in [2.45, 2.75) is 18.6 Å². The number of ether oxygens (including phenoxy) is 1. The lowest BCUT2D eigenvalue weighted by Gasteiger charge is -2.08. The number of rotatable bonds is 4. The summed E-state index contributed by atoms with van der Waals surface area (Å²) in [7, 11) is 1.15. The molecule has 6 heteroatoms. The summed E-state index contributed by atoms with van der Waals surface area (Å²) in [5.74, 6) is -1.83. The Morgan fingerprint density at radius 3 is 2.31 bits per heavy atom. The molecule has 0 aliphatic heterocycles. The van der Waals surface area contributed by atoms with E-state index in [-0.39, 0.29) is 5.12 Å². The van der Waals surface area contributed by atoms with E-state index in [0.29, 0.717) is 11.8 Å². The molecule has 1 N–H and O–H groups in total. The zero-order valence-corrected chi connectivity index (χ0v) is 8.09. The van der Waals surface area contributed by atoms with E-state index in [1.165, 1.54) is 6.92 Å². The van der Waals surface area contributed by atoms with Gasteiger partial charge in [-0.3, -0.25) is 14.4 Å². The molecule has 1 atom stereocenters. The molecule has 0 rings (SSSR count). The Morgan fingerprint density at radius 2 is 2.00 bits per heavy atom. The van der Waals surface area contributed by atoms with Gasteiger partial charge in [-0.2, -0.15) is 0 Å². The molecule has 74 valence electrons. The van der Waals surface area contributed by atoms with Gasteiger partial charge in [0.05, 0.1) is 13.5 Å². The van der Waals surface area contributed by atoms with E-state index in [0.717, 1.165) is 7.11 Å². The highest BCUT2D eigenvalue weighted by Crippen LogP contribution is 2.16. The van der Waals surface area contributed by atoms with Gasteiger partial charge in [-0.1, -0.05) is 11.8 Å². The van der Waals surface area contributed by atoms with E-state index < -0.39 is 23.6 Å². The zero-order valence-electron chi connectivity index (χ0n) is 7.27. The third-order valence-corrected chi connectivity index (χ3v) is 2.11. The molecule has 0 aliphatic rings. The Morgan fingerprint density at radius 1 is 1.46 bits per heavy atom. The summed E-state index contributed by atoms with van der Waals surface area (Å²) in [6.07, 6.45) is -0.406. The minimum absolute atomic E-state index is 0.309. The Labute approximate surface area is 79.4 Å². The highest BCUT2D eigenvalue weighted by molar-refractivity contribution is 8.14. The third kappa shape index (κ3) is 5.24. The van der Waals surface area contributed by atoms with E-state index in [4.69, 9.17) is 5.11 Å². The van der Waals surface area contributed by atoms with Gasteiger partial charge < -0.3 is 9.84 Å². The number of hydrogen-bond donors (Lipinski definition) is 1. The van der Waals surface area contributed by atoms with E-state index in [2.05, 4.69) is 4.74 Å². The van der Waals surface area contributed by atoms with E-state index in [1.54, 1.807) is 0 Å². The number of aliphatic carboxylic acids is 1. The molecule has 0 aromatic rings. The van der Waals surface area contributed by atoms with Crippen LogP contribution >= 0.6 is 11.8 Å². The molecule has 0 aromatic heterocycles. The molecule has 5 nitrogen and oxygen atoms in total. The molecule has 0 heterocycles. The molecule has 0 saturated heterocycles. The molecule has 0 aromatic carbocycles. The summed E-state index contributed by atoms with van der Waals surface area (Å²) in [6.45, 7) is 1.27. The van der Waals surface area contributed by atoms with Crippen molar-refractivity contribution in [2.75, 3.05) is 7.11 Å². The van der Waals surface area contributed by atoms with Crippen LogP contribution in [-0.4, -0.2) is 34.5 Å². The summed E-state index contributed by atoms with van der Waals surface area (Å²) in [4.78, 5) is 31.8. The van der Waals surface area contributed by atoms with Gasteiger partial charge in [0.1, 0.15) is 5.25 Å². The second kappa shape index (κ2) is 5.58. The normalized spacial score (nSPS) is 11.8. The van der Waals surface area contributed by atoms with Crippen LogP contribution in [-0.2, 0) is 19.1 Å². The van der Waals surface area contributed by atoms with Gasteiger partial charge >= 0.3 is 11.9 Å². The summed E-state index contributed by atoms with van der Waals surface area (Å²) < 4.78 is 4.34. The van der Waals surface area contributed by atoms with Crippen LogP contribution in [0.2, 0.25) is 0 Å². The summed E-state index contributed by atoms with van der Waals surface area (Å²) in [5, 5.41) is 7.16. The van der Waals surface area contributed by atoms with Crippen LogP contribution in [0.25, 0.3) is 0 Å². The minimum Gasteiger partial charge on any atom is -0.481 e. The van der Waals surface area contributed by atoms with Crippen molar-refractivity contribution >= 4 is 28.8 Å². The Kier molecular flexibility index (Phi) is 5.13. The molecule has 0 radical (unpaired) electrons. The topological polar surface area (TPSA) is 80.7 Å². The van der Waals surface area contributed by atoms with Gasteiger partial charge in [0, 0.05) is 6.92 Å². The maximum absolute atomic E-state index is 10.9. The van der Waals surface area contributed by atoms with Crippen LogP contribution < -0.4 is 0 Å². The second-order valence-corrected chi connectivity index (χ2v) is 3.60. The monoisotopic (exact) mass is 206 g/mol. The fourth-order valence-electron chi connectivity index (χ4n) is 0.663. The van der Waals surface area contributed by atoms with Crippen LogP contribution in [0.1, 0.15) is 13.3 Å². The van der Waals surface area contributed by atoms with Crippen molar-refractivity contribution in [2.24, 2.45) is 0 Å². The fourth-order valence-corrected chi connectivity index (χ4v) is 1.48. The first kappa shape index (κ1) is 12.0. The Balaban J connectivity index is 4.26. The van der Waals surface area contributed by atoms with Crippen LogP contribution in [0.4, 0.5) is 0 Å². The lowest BCUT2D eigenvalue weighted by atomic mass is 10.3. The first-order chi connectivity index (χ1) is 5.97. The number of carbonyl (C=O) groups is 3. The molecule has 1 unspecified atom stereocenters. The predicted octanol–water partition coefficient (Wildman–Crippen LogP) is 0.282. The highest BCUT2D eigenvalue weighted by atomic mass is 32.2. The van der Waals surface area contributed by atoms with Crippen molar-refractivity contribution in [3.63, 3.8) is 0 Å². The molecule has 0 spiro atoms. The predicted molar refractivity (Wildman–Crippen MR) is 46.3 cm³/mol. The van der Waals surface area contributed by atoms with Gasteiger partial charge in [-0.15, -0.1) is 0 Å². The molecule has 13 heavy (non-hydrogen) atoms. The van der Waals surface area contributed by atoms with Crippen molar-refractivity contribution < 1.29 is 24.2 Å². The smallest absolute Gasteiger partial charge is 0.319 e. The highest BCUT2D eigenvalue weighted by Gasteiger charge is 2.24. The molecule has 0 bridgehead atoms. The number of carbonyl (C=O) groups excluding carboxylic acids is 2. The molecular formula is C7H10O5S. The summed E-state index contributed by atoms with van der Waals surface area (Å²) in [6, 6.07) is 0. The van der Waals surface area contributed by atoms with E-state index >= 15 is 0 Å². The van der Waals surface area contributed by atoms with E-state index in [9.17, 15) is 14.4 Å². The molecular weight excluding hydrogens is 196 g/mol. The van der Waals surface area contributed by atoms with Crippen LogP contribution in [0.3, 0.4) is 0 Å². The number of thioether (sulfide) groups is 1. The maximum Gasteiger partial charge on any atom is 0.319 e. The quantitative estimate of drug-likeness (QED) is 0.665. The van der Waals surface area contributed by atoms with Gasteiger partial charge in [0.15, 0.2) is 5.12 Å². The third-order valence-electron chi connectivity index (χ3n) is 1.13. The average molecular weight is 206 g/mol. The Hall–Kier alpha value is -1.04. The summed E-state index contributed by atoms with van der Waals surface area (Å²) >= 11 is 0.666. The first-order valence-corrected chi connectivity index (χ1v) is 4.32. The minimum atomic E-state index is -1.14. The largest absolute Gasteiger partial charge is 0.481 e. The lowest BCUT2D eigenvalue weighted by Crippen LogP contribution is -2.23. The number of methoxy groups -OCH3 is 1. The van der Waals surface area contributed by atoms with Crippen LogP contribution in [0.5, 0.6) is 0 Å². The summed E-state index contributed by atoms with van der Waals surface area (Å²) in [5.41, 5.74) is 0. The van der Waals surface area contributed by atoms with Gasteiger partial charge in [-0.05, 0) is 0 Å². The second-order valence-electron chi connectivity index (χ2n) is 2.22.